The molecule has 0 aromatic rings. The Hall–Kier alpha value is -0.650. The fraction of sp³-hybridized carbons (Fsp3) is 0.944. The molecule has 0 unspecified atom stereocenters. The molecule has 0 spiro atoms. The van der Waals surface area contributed by atoms with E-state index >= 15 is 0 Å². The maximum absolute atomic E-state index is 11.9. The number of hydrogen-bond acceptors (Lipinski definition) is 5. The molecule has 0 heterocycles. The zero-order chi connectivity index (χ0) is 16.6. The second kappa shape index (κ2) is 14.9. The first-order chi connectivity index (χ1) is 11.3. The molecule has 1 fully saturated rings. The van der Waals surface area contributed by atoms with Gasteiger partial charge in [-0.15, -0.1) is 0 Å². The fourth-order valence-corrected chi connectivity index (χ4v) is 2.87. The summed E-state index contributed by atoms with van der Waals surface area (Å²) in [6.07, 6.45) is 12.7. The highest BCUT2D eigenvalue weighted by Gasteiger charge is 2.14. The van der Waals surface area contributed by atoms with Gasteiger partial charge in [0.1, 0.15) is 6.10 Å². The summed E-state index contributed by atoms with van der Waals surface area (Å²) in [4.78, 5) is 11.9. The Morgan fingerprint density at radius 3 is 1.87 bits per heavy atom. The topological polar surface area (TPSA) is 70.8 Å². The third-order valence-corrected chi connectivity index (χ3v) is 4.19. The molecule has 0 aliphatic heterocycles. The summed E-state index contributed by atoms with van der Waals surface area (Å²) in [6, 6.07) is 0. The number of rotatable bonds is 9. The van der Waals surface area contributed by atoms with E-state index in [1.54, 1.807) is 0 Å². The summed E-state index contributed by atoms with van der Waals surface area (Å²) >= 11 is 0. The highest BCUT2D eigenvalue weighted by molar-refractivity contribution is 5.69. The van der Waals surface area contributed by atoms with Crippen molar-refractivity contribution in [3.05, 3.63) is 0 Å². The van der Waals surface area contributed by atoms with Gasteiger partial charge in [-0.2, -0.15) is 0 Å². The molecule has 0 aromatic heterocycles. The second-order valence-electron chi connectivity index (χ2n) is 6.28. The van der Waals surface area contributed by atoms with Crippen molar-refractivity contribution in [1.29, 1.82) is 0 Å². The minimum atomic E-state index is -0.132. The van der Waals surface area contributed by atoms with Gasteiger partial charge in [-0.3, -0.25) is 4.79 Å². The number of ether oxygens (including phenoxy) is 3. The Morgan fingerprint density at radius 1 is 0.783 bits per heavy atom. The van der Waals surface area contributed by atoms with E-state index in [2.05, 4.69) is 0 Å². The van der Waals surface area contributed by atoms with Crippen LogP contribution in [-0.4, -0.2) is 45.0 Å². The maximum atomic E-state index is 11.9. The Bertz CT molecular complexity index is 274. The molecule has 5 nitrogen and oxygen atoms in total. The van der Waals surface area contributed by atoms with Crippen molar-refractivity contribution in [2.24, 2.45) is 5.73 Å². The maximum Gasteiger partial charge on any atom is 0.308 e. The number of nitrogens with two attached hydrogens (primary N) is 1. The van der Waals surface area contributed by atoms with E-state index in [9.17, 15) is 4.79 Å². The van der Waals surface area contributed by atoms with E-state index in [1.165, 1.54) is 51.4 Å². The lowest BCUT2D eigenvalue weighted by molar-refractivity contribution is -0.151. The van der Waals surface area contributed by atoms with Crippen LogP contribution in [0.3, 0.4) is 0 Å². The van der Waals surface area contributed by atoms with Crippen LogP contribution in [0.5, 0.6) is 0 Å². The van der Waals surface area contributed by atoms with Crippen LogP contribution in [0.4, 0.5) is 0 Å². The highest BCUT2D eigenvalue weighted by Crippen LogP contribution is 2.19. The Kier molecular flexibility index (Phi) is 13.2. The standard InChI is InChI=1S/C18H35NO4/c19-12-14-22-16-15-21-13-11-18(20)23-17-9-7-5-3-1-2-4-6-8-10-17/h17H,1-16,19H2. The molecule has 1 rings (SSSR count). The molecular weight excluding hydrogens is 294 g/mol. The van der Waals surface area contributed by atoms with Gasteiger partial charge < -0.3 is 19.9 Å². The number of carbonyl (C=O) groups is 1. The molecule has 0 aromatic carbocycles. The van der Waals surface area contributed by atoms with Crippen LogP contribution in [0.2, 0.25) is 0 Å². The third kappa shape index (κ3) is 12.4. The predicted molar refractivity (Wildman–Crippen MR) is 91.4 cm³/mol. The minimum absolute atomic E-state index is 0.105. The lowest BCUT2D eigenvalue weighted by Gasteiger charge is -2.17. The van der Waals surface area contributed by atoms with Crippen LogP contribution in [0.25, 0.3) is 0 Å². The van der Waals surface area contributed by atoms with Crippen LogP contribution < -0.4 is 5.73 Å². The molecule has 5 heteroatoms. The average Bonchev–Trinajstić information content (AvgIpc) is 2.60. The summed E-state index contributed by atoms with van der Waals surface area (Å²) in [7, 11) is 0. The molecule has 0 bridgehead atoms. The minimum Gasteiger partial charge on any atom is -0.462 e. The van der Waals surface area contributed by atoms with Gasteiger partial charge in [-0.1, -0.05) is 38.5 Å². The largest absolute Gasteiger partial charge is 0.462 e. The van der Waals surface area contributed by atoms with Gasteiger partial charge in [-0.25, -0.2) is 0 Å². The summed E-state index contributed by atoms with van der Waals surface area (Å²) < 4.78 is 16.2. The molecule has 1 aliphatic carbocycles. The molecular formula is C18H35NO4. The molecule has 0 saturated heterocycles. The lowest BCUT2D eigenvalue weighted by atomic mass is 10.1. The summed E-state index contributed by atoms with van der Waals surface area (Å²) in [6.45, 7) is 2.49. The third-order valence-electron chi connectivity index (χ3n) is 4.19. The van der Waals surface area contributed by atoms with Crippen LogP contribution >= 0.6 is 0 Å². The monoisotopic (exact) mass is 329 g/mol. The molecule has 23 heavy (non-hydrogen) atoms. The highest BCUT2D eigenvalue weighted by atomic mass is 16.5. The number of hydrogen-bond donors (Lipinski definition) is 1. The van der Waals surface area contributed by atoms with Crippen molar-refractivity contribution >= 4 is 5.97 Å². The quantitative estimate of drug-likeness (QED) is 0.519. The Labute approximate surface area is 141 Å². The van der Waals surface area contributed by atoms with Gasteiger partial charge in [0.2, 0.25) is 0 Å². The molecule has 0 atom stereocenters. The normalized spacial score (nSPS) is 18.3. The molecule has 1 saturated carbocycles. The second-order valence-corrected chi connectivity index (χ2v) is 6.28. The van der Waals surface area contributed by atoms with Crippen molar-refractivity contribution in [3.63, 3.8) is 0 Å². The molecule has 0 radical (unpaired) electrons. The van der Waals surface area contributed by atoms with E-state index in [4.69, 9.17) is 19.9 Å². The smallest absolute Gasteiger partial charge is 0.308 e. The fourth-order valence-electron chi connectivity index (χ4n) is 2.87. The molecule has 136 valence electrons. The van der Waals surface area contributed by atoms with Gasteiger partial charge in [0.05, 0.1) is 32.8 Å². The van der Waals surface area contributed by atoms with Crippen molar-refractivity contribution in [2.75, 3.05) is 33.0 Å². The van der Waals surface area contributed by atoms with Gasteiger partial charge in [0.25, 0.3) is 0 Å². The summed E-state index contributed by atoms with van der Waals surface area (Å²) in [5.41, 5.74) is 5.32. The first-order valence-electron chi connectivity index (χ1n) is 9.38. The Balaban J connectivity index is 2.09. The first-order valence-corrected chi connectivity index (χ1v) is 9.38. The van der Waals surface area contributed by atoms with Gasteiger partial charge >= 0.3 is 5.97 Å². The van der Waals surface area contributed by atoms with E-state index in [0.717, 1.165) is 12.8 Å². The molecule has 0 amide bonds. The van der Waals surface area contributed by atoms with Crippen molar-refractivity contribution in [2.45, 2.75) is 76.7 Å². The van der Waals surface area contributed by atoms with E-state index in [-0.39, 0.29) is 12.1 Å². The van der Waals surface area contributed by atoms with Gasteiger partial charge in [-0.05, 0) is 25.7 Å². The van der Waals surface area contributed by atoms with Crippen molar-refractivity contribution < 1.29 is 19.0 Å². The summed E-state index contributed by atoms with van der Waals surface area (Å²) in [5, 5.41) is 0. The predicted octanol–water partition coefficient (Wildman–Crippen LogP) is 3.19. The first kappa shape index (κ1) is 20.4. The van der Waals surface area contributed by atoms with Crippen LogP contribution in [0.1, 0.15) is 70.6 Å². The van der Waals surface area contributed by atoms with Crippen LogP contribution in [0.15, 0.2) is 0 Å². The van der Waals surface area contributed by atoms with Gasteiger partial charge in [0, 0.05) is 6.54 Å². The van der Waals surface area contributed by atoms with Crippen LogP contribution in [0, 0.1) is 0 Å². The van der Waals surface area contributed by atoms with E-state index < -0.39 is 0 Å². The molecule has 2 N–H and O–H groups in total. The number of carbonyl (C=O) groups excluding carboxylic acids is 1. The summed E-state index contributed by atoms with van der Waals surface area (Å²) in [5.74, 6) is -0.132. The van der Waals surface area contributed by atoms with Crippen LogP contribution in [-0.2, 0) is 19.0 Å². The lowest BCUT2D eigenvalue weighted by Crippen LogP contribution is -2.20. The average molecular weight is 329 g/mol. The van der Waals surface area contributed by atoms with Crippen molar-refractivity contribution in [3.8, 4) is 0 Å². The zero-order valence-electron chi connectivity index (χ0n) is 14.6. The van der Waals surface area contributed by atoms with E-state index in [0.29, 0.717) is 39.4 Å². The zero-order valence-corrected chi connectivity index (χ0v) is 14.6. The Morgan fingerprint density at radius 2 is 1.30 bits per heavy atom. The number of esters is 1. The van der Waals surface area contributed by atoms with Gasteiger partial charge in [0.15, 0.2) is 0 Å². The molecule has 1 aliphatic rings. The SMILES string of the molecule is NCCOCCOCCC(=O)OC1CCCCCCCCCC1. The van der Waals surface area contributed by atoms with E-state index in [1.807, 2.05) is 0 Å². The van der Waals surface area contributed by atoms with Crippen molar-refractivity contribution in [1.82, 2.24) is 0 Å².